The van der Waals surface area contributed by atoms with E-state index in [0.29, 0.717) is 0 Å². The minimum atomic E-state index is -0.119. The molecule has 0 N–H and O–H groups in total. The molecule has 0 fully saturated rings. The number of fused-ring (bicyclic) bond motifs is 1. The van der Waals surface area contributed by atoms with Crippen LogP contribution in [0.25, 0.3) is 16.8 Å². The van der Waals surface area contributed by atoms with Gasteiger partial charge in [0.25, 0.3) is 0 Å². The first kappa shape index (κ1) is 14.8. The Labute approximate surface area is 131 Å². The van der Waals surface area contributed by atoms with Gasteiger partial charge in [-0.25, -0.2) is 4.39 Å². The summed E-state index contributed by atoms with van der Waals surface area (Å²) in [5.41, 5.74) is 4.28. The van der Waals surface area contributed by atoms with Gasteiger partial charge < -0.3 is 4.57 Å². The smallest absolute Gasteiger partial charge is 0.128 e. The number of aromatic nitrogens is 1. The van der Waals surface area contributed by atoms with Crippen molar-refractivity contribution in [2.24, 2.45) is 0 Å². The van der Waals surface area contributed by atoms with Crippen LogP contribution in [0.4, 0.5) is 4.39 Å². The van der Waals surface area contributed by atoms with E-state index in [1.54, 1.807) is 6.07 Å². The molecule has 0 aliphatic heterocycles. The monoisotopic (exact) mass is 295 g/mol. The fourth-order valence-corrected chi connectivity index (χ4v) is 3.14. The van der Waals surface area contributed by atoms with Crippen LogP contribution in [0.3, 0.4) is 0 Å². The molecule has 2 heteroatoms. The fourth-order valence-electron chi connectivity index (χ4n) is 3.14. The molecule has 1 nitrogen and oxygen atoms in total. The van der Waals surface area contributed by atoms with E-state index in [1.165, 1.54) is 21.7 Å². The normalized spacial score (nSPS) is 21.1. The Hall–Kier alpha value is -2.09. The molecule has 1 aliphatic carbocycles. The second-order valence-corrected chi connectivity index (χ2v) is 5.98. The molecule has 1 aromatic carbocycles. The van der Waals surface area contributed by atoms with E-state index in [0.717, 1.165) is 30.5 Å². The summed E-state index contributed by atoms with van der Waals surface area (Å²) >= 11 is 0. The summed E-state index contributed by atoms with van der Waals surface area (Å²) < 4.78 is 16.3. The Morgan fingerprint density at radius 3 is 2.73 bits per heavy atom. The highest BCUT2D eigenvalue weighted by Crippen LogP contribution is 2.15. The van der Waals surface area contributed by atoms with E-state index in [-0.39, 0.29) is 5.82 Å². The third-order valence-corrected chi connectivity index (χ3v) is 4.46. The molecular weight excluding hydrogens is 273 g/mol. The topological polar surface area (TPSA) is 4.93 Å². The number of halogens is 1. The molecule has 0 saturated carbocycles. The van der Waals surface area contributed by atoms with Crippen molar-refractivity contribution < 1.29 is 4.39 Å². The molecule has 114 valence electrons. The number of aryl methyl sites for hydroxylation is 1. The van der Waals surface area contributed by atoms with Gasteiger partial charge in [0.2, 0.25) is 0 Å². The van der Waals surface area contributed by atoms with Crippen LogP contribution >= 0.6 is 0 Å². The first-order valence-corrected chi connectivity index (χ1v) is 7.95. The molecule has 1 heterocycles. The summed E-state index contributed by atoms with van der Waals surface area (Å²) in [4.78, 5) is 0. The predicted molar refractivity (Wildman–Crippen MR) is 90.9 cm³/mol. The molecule has 1 aromatic heterocycles. The van der Waals surface area contributed by atoms with Crippen LogP contribution in [-0.2, 0) is 6.42 Å². The van der Waals surface area contributed by atoms with Crippen molar-refractivity contribution >= 4 is 11.1 Å². The van der Waals surface area contributed by atoms with Gasteiger partial charge >= 0.3 is 0 Å². The van der Waals surface area contributed by atoms with Gasteiger partial charge in [0.05, 0.1) is 5.35 Å². The highest BCUT2D eigenvalue weighted by Gasteiger charge is 2.08. The number of nitrogens with zero attached hydrogens (tertiary/aromatic N) is 1. The van der Waals surface area contributed by atoms with Gasteiger partial charge in [-0.1, -0.05) is 25.1 Å². The minimum absolute atomic E-state index is 0.119. The van der Waals surface area contributed by atoms with Crippen LogP contribution < -0.4 is 10.6 Å². The molecular formula is C20H22FN. The Balaban J connectivity index is 2.29. The molecule has 0 unspecified atom stereocenters. The quantitative estimate of drug-likeness (QED) is 0.792. The average Bonchev–Trinajstić information content (AvgIpc) is 2.94. The maximum Gasteiger partial charge on any atom is 0.128 e. The third-order valence-electron chi connectivity index (χ3n) is 4.46. The van der Waals surface area contributed by atoms with Gasteiger partial charge in [-0.3, -0.25) is 0 Å². The Kier molecular flexibility index (Phi) is 4.02. The lowest BCUT2D eigenvalue weighted by Crippen LogP contribution is -2.32. The maximum atomic E-state index is 14.2. The lowest BCUT2D eigenvalue weighted by molar-refractivity contribution is 0.611. The minimum Gasteiger partial charge on any atom is -0.317 e. The van der Waals surface area contributed by atoms with E-state index in [1.807, 2.05) is 19.1 Å². The SMILES string of the molecule is CCc1ccc(-n2ccc3/c2=C(/C)CC/C=C\C=3C)cc1F. The van der Waals surface area contributed by atoms with E-state index in [2.05, 4.69) is 42.8 Å². The third kappa shape index (κ3) is 2.54. The van der Waals surface area contributed by atoms with Gasteiger partial charge in [0.1, 0.15) is 5.82 Å². The molecule has 0 amide bonds. The van der Waals surface area contributed by atoms with Crippen LogP contribution in [0.2, 0.25) is 0 Å². The molecule has 3 rings (SSSR count). The number of benzene rings is 1. The highest BCUT2D eigenvalue weighted by molar-refractivity contribution is 5.58. The van der Waals surface area contributed by atoms with Crippen LogP contribution in [-0.4, -0.2) is 4.57 Å². The number of hydrogen-bond acceptors (Lipinski definition) is 0. The summed E-state index contributed by atoms with van der Waals surface area (Å²) in [6.07, 6.45) is 9.29. The van der Waals surface area contributed by atoms with Crippen molar-refractivity contribution in [3.05, 3.63) is 64.6 Å². The molecule has 0 radical (unpaired) electrons. The molecule has 0 saturated heterocycles. The molecule has 0 spiro atoms. The van der Waals surface area contributed by atoms with Crippen molar-refractivity contribution in [2.45, 2.75) is 40.0 Å². The second kappa shape index (κ2) is 5.96. The number of allylic oxidation sites excluding steroid dienone is 2. The Bertz CT molecular complexity index is 852. The largest absolute Gasteiger partial charge is 0.317 e. The van der Waals surface area contributed by atoms with Crippen LogP contribution in [0.15, 0.2) is 42.6 Å². The molecule has 0 bridgehead atoms. The van der Waals surface area contributed by atoms with Crippen molar-refractivity contribution in [1.29, 1.82) is 0 Å². The van der Waals surface area contributed by atoms with E-state index < -0.39 is 0 Å². The fraction of sp³-hybridized carbons (Fsp3) is 0.300. The first-order chi connectivity index (χ1) is 10.6. The van der Waals surface area contributed by atoms with E-state index in [4.69, 9.17) is 0 Å². The zero-order valence-electron chi connectivity index (χ0n) is 13.5. The zero-order valence-corrected chi connectivity index (χ0v) is 13.5. The average molecular weight is 295 g/mol. The van der Waals surface area contributed by atoms with E-state index in [9.17, 15) is 4.39 Å². The summed E-state index contributed by atoms with van der Waals surface area (Å²) in [5, 5.41) is 2.46. The predicted octanol–water partition coefficient (Wildman–Crippen LogP) is 3.87. The van der Waals surface area contributed by atoms with Gasteiger partial charge in [-0.2, -0.15) is 0 Å². The summed E-state index contributed by atoms with van der Waals surface area (Å²) in [5.74, 6) is -0.119. The number of hydrogen-bond donors (Lipinski definition) is 0. The standard InChI is InChI=1S/C20H22FN/c1-4-16-9-10-17(13-19(16)21)22-12-11-18-14(2)7-5-6-8-15(3)20(18)22/h5,7,9-13H,4,6,8H2,1-3H3/b7-5-,18-14-,20-15+. The Morgan fingerprint density at radius 2 is 2.00 bits per heavy atom. The van der Waals surface area contributed by atoms with E-state index >= 15 is 0 Å². The zero-order chi connectivity index (χ0) is 15.7. The van der Waals surface area contributed by atoms with Crippen molar-refractivity contribution in [3.63, 3.8) is 0 Å². The van der Waals surface area contributed by atoms with Gasteiger partial charge in [-0.05, 0) is 68.0 Å². The lowest BCUT2D eigenvalue weighted by Gasteiger charge is -2.10. The van der Waals surface area contributed by atoms with Crippen LogP contribution in [0.5, 0.6) is 0 Å². The van der Waals surface area contributed by atoms with Crippen molar-refractivity contribution in [1.82, 2.24) is 4.57 Å². The molecule has 2 aromatic rings. The summed E-state index contributed by atoms with van der Waals surface area (Å²) in [6.45, 7) is 6.30. The van der Waals surface area contributed by atoms with Crippen LogP contribution in [0, 0.1) is 5.82 Å². The van der Waals surface area contributed by atoms with Gasteiger partial charge in [0, 0.05) is 17.1 Å². The first-order valence-electron chi connectivity index (χ1n) is 7.95. The highest BCUT2D eigenvalue weighted by atomic mass is 19.1. The maximum absolute atomic E-state index is 14.2. The van der Waals surface area contributed by atoms with Gasteiger partial charge in [-0.15, -0.1) is 0 Å². The summed E-state index contributed by atoms with van der Waals surface area (Å²) in [7, 11) is 0. The lowest BCUT2D eigenvalue weighted by atomic mass is 10.1. The van der Waals surface area contributed by atoms with Crippen molar-refractivity contribution in [3.8, 4) is 5.69 Å². The van der Waals surface area contributed by atoms with Crippen LogP contribution in [0.1, 0.15) is 39.2 Å². The second-order valence-electron chi connectivity index (χ2n) is 5.98. The number of rotatable bonds is 2. The Morgan fingerprint density at radius 1 is 1.18 bits per heavy atom. The van der Waals surface area contributed by atoms with Gasteiger partial charge in [0.15, 0.2) is 0 Å². The molecule has 1 aliphatic rings. The molecule has 0 atom stereocenters. The summed E-state index contributed by atoms with van der Waals surface area (Å²) in [6, 6.07) is 7.69. The van der Waals surface area contributed by atoms with Crippen molar-refractivity contribution in [2.75, 3.05) is 0 Å². The molecule has 22 heavy (non-hydrogen) atoms.